The molecule has 0 radical (unpaired) electrons. The monoisotopic (exact) mass is 368 g/mol. The smallest absolute Gasteiger partial charge is 0.134 e. The van der Waals surface area contributed by atoms with Gasteiger partial charge in [0.25, 0.3) is 0 Å². The molecule has 27 heavy (non-hydrogen) atoms. The van der Waals surface area contributed by atoms with Crippen LogP contribution < -0.4 is 4.74 Å². The number of phenols is 1. The Bertz CT molecular complexity index is 607. The number of hydrogen-bond acceptors (Lipinski definition) is 2. The summed E-state index contributed by atoms with van der Waals surface area (Å²) in [7, 11) is 0. The van der Waals surface area contributed by atoms with Crippen LogP contribution in [0, 0.1) is 0 Å². The first kappa shape index (κ1) is 21.3. The third-order valence-corrected chi connectivity index (χ3v) is 5.32. The van der Waals surface area contributed by atoms with Crippen molar-refractivity contribution in [1.82, 2.24) is 0 Å². The molecule has 0 atom stereocenters. The van der Waals surface area contributed by atoms with Crippen molar-refractivity contribution in [2.45, 2.75) is 83.7 Å². The van der Waals surface area contributed by atoms with Crippen molar-refractivity contribution < 1.29 is 9.84 Å². The molecular formula is C25H36O2. The lowest BCUT2D eigenvalue weighted by Gasteiger charge is -2.36. The molecule has 2 rings (SSSR count). The minimum atomic E-state index is -0.323. The van der Waals surface area contributed by atoms with Crippen LogP contribution in [0.15, 0.2) is 54.6 Å². The fourth-order valence-corrected chi connectivity index (χ4v) is 3.73. The highest BCUT2D eigenvalue weighted by Gasteiger charge is 2.33. The summed E-state index contributed by atoms with van der Waals surface area (Å²) >= 11 is 0. The number of hydrogen-bond donors (Lipinski definition) is 1. The largest absolute Gasteiger partial charge is 0.508 e. The molecule has 0 fully saturated rings. The first-order valence-corrected chi connectivity index (χ1v) is 10.7. The van der Waals surface area contributed by atoms with Crippen LogP contribution in [0.25, 0.3) is 0 Å². The number of aromatic hydroxyl groups is 1. The lowest BCUT2D eigenvalue weighted by atomic mass is 9.83. The quantitative estimate of drug-likeness (QED) is 0.369. The Morgan fingerprint density at radius 1 is 0.704 bits per heavy atom. The van der Waals surface area contributed by atoms with Crippen molar-refractivity contribution in [2.75, 3.05) is 0 Å². The van der Waals surface area contributed by atoms with E-state index in [-0.39, 0.29) is 5.60 Å². The second-order valence-electron chi connectivity index (χ2n) is 7.58. The summed E-state index contributed by atoms with van der Waals surface area (Å²) in [5.74, 6) is 1.24. The summed E-state index contributed by atoms with van der Waals surface area (Å²) in [6.07, 6.45) is 11.8. The number of benzene rings is 2. The second kappa shape index (κ2) is 11.7. The number of rotatable bonds is 13. The maximum atomic E-state index is 9.76. The highest BCUT2D eigenvalue weighted by molar-refractivity contribution is 5.32. The summed E-state index contributed by atoms with van der Waals surface area (Å²) in [6.45, 7) is 4.50. The van der Waals surface area contributed by atoms with Crippen molar-refractivity contribution in [3.63, 3.8) is 0 Å². The Kier molecular flexibility index (Phi) is 9.24. The predicted octanol–water partition coefficient (Wildman–Crippen LogP) is 7.61. The van der Waals surface area contributed by atoms with Crippen LogP contribution in [-0.2, 0) is 5.60 Å². The number of ether oxygens (including phenoxy) is 1. The number of phenolic OH excluding ortho intramolecular Hbond substituents is 1. The summed E-state index contributed by atoms with van der Waals surface area (Å²) in [5, 5.41) is 9.76. The Morgan fingerprint density at radius 2 is 1.26 bits per heavy atom. The van der Waals surface area contributed by atoms with Crippen LogP contribution >= 0.6 is 0 Å². The van der Waals surface area contributed by atoms with Crippen LogP contribution in [0.2, 0.25) is 0 Å². The van der Waals surface area contributed by atoms with E-state index in [1.807, 2.05) is 42.5 Å². The molecule has 0 amide bonds. The predicted molar refractivity (Wildman–Crippen MR) is 114 cm³/mol. The van der Waals surface area contributed by atoms with Crippen molar-refractivity contribution in [3.8, 4) is 11.5 Å². The molecule has 0 bridgehead atoms. The van der Waals surface area contributed by atoms with Gasteiger partial charge < -0.3 is 9.84 Å². The van der Waals surface area contributed by atoms with Crippen LogP contribution in [0.5, 0.6) is 11.5 Å². The molecule has 2 aromatic carbocycles. The molecule has 0 spiro atoms. The molecule has 0 saturated carbocycles. The normalized spacial score (nSPS) is 11.5. The van der Waals surface area contributed by atoms with Crippen LogP contribution in [0.1, 0.15) is 83.6 Å². The van der Waals surface area contributed by atoms with Crippen molar-refractivity contribution in [1.29, 1.82) is 0 Å². The standard InChI is InChI=1S/C25H36O2/c1-3-5-7-12-20-25(21-13-8-6-4-2,22-16-18-23(26)19-17-22)27-24-14-10-9-11-15-24/h9-11,14-19,26H,3-8,12-13,20-21H2,1-2H3. The fourth-order valence-electron chi connectivity index (χ4n) is 3.73. The lowest BCUT2D eigenvalue weighted by molar-refractivity contribution is 0.0411. The summed E-state index contributed by atoms with van der Waals surface area (Å²) < 4.78 is 6.71. The first-order chi connectivity index (χ1) is 13.2. The van der Waals surface area contributed by atoms with E-state index in [2.05, 4.69) is 13.8 Å². The third-order valence-electron chi connectivity index (χ3n) is 5.32. The molecule has 2 nitrogen and oxygen atoms in total. The van der Waals surface area contributed by atoms with E-state index < -0.39 is 0 Å². The Hall–Kier alpha value is -1.96. The van der Waals surface area contributed by atoms with Crippen molar-refractivity contribution in [2.24, 2.45) is 0 Å². The van der Waals surface area contributed by atoms with E-state index in [9.17, 15) is 5.11 Å². The molecule has 1 N–H and O–H groups in total. The molecule has 148 valence electrons. The average molecular weight is 369 g/mol. The molecule has 0 aliphatic heterocycles. The van der Waals surface area contributed by atoms with Crippen LogP contribution in [0.3, 0.4) is 0 Å². The summed E-state index contributed by atoms with van der Waals surface area (Å²) in [5.41, 5.74) is 0.855. The van der Waals surface area contributed by atoms with E-state index in [0.29, 0.717) is 5.75 Å². The average Bonchev–Trinajstić information content (AvgIpc) is 2.69. The molecular weight excluding hydrogens is 332 g/mol. The lowest BCUT2D eigenvalue weighted by Crippen LogP contribution is -2.33. The maximum absolute atomic E-state index is 9.76. The highest BCUT2D eigenvalue weighted by atomic mass is 16.5. The minimum absolute atomic E-state index is 0.310. The van der Waals surface area contributed by atoms with Gasteiger partial charge in [-0.1, -0.05) is 82.7 Å². The van der Waals surface area contributed by atoms with E-state index in [0.717, 1.165) is 31.4 Å². The van der Waals surface area contributed by atoms with Gasteiger partial charge >= 0.3 is 0 Å². The third kappa shape index (κ3) is 6.93. The Labute approximate surface area is 165 Å². The number of para-hydroxylation sites is 1. The van der Waals surface area contributed by atoms with E-state index in [1.54, 1.807) is 12.1 Å². The topological polar surface area (TPSA) is 29.5 Å². The SMILES string of the molecule is CCCCCCC(CCCCCC)(Oc1ccccc1)c1ccc(O)cc1. The molecule has 2 aromatic rings. The second-order valence-corrected chi connectivity index (χ2v) is 7.58. The molecule has 0 aliphatic rings. The van der Waals surface area contributed by atoms with Crippen molar-refractivity contribution >= 4 is 0 Å². The fraction of sp³-hybridized carbons (Fsp3) is 0.520. The zero-order chi connectivity index (χ0) is 19.4. The van der Waals surface area contributed by atoms with E-state index in [1.165, 1.54) is 44.1 Å². The van der Waals surface area contributed by atoms with Gasteiger partial charge in [0.1, 0.15) is 17.1 Å². The zero-order valence-electron chi connectivity index (χ0n) is 17.1. The maximum Gasteiger partial charge on any atom is 0.134 e. The van der Waals surface area contributed by atoms with Gasteiger partial charge in [0.15, 0.2) is 0 Å². The number of unbranched alkanes of at least 4 members (excludes halogenated alkanes) is 6. The van der Waals surface area contributed by atoms with Gasteiger partial charge in [-0.2, -0.15) is 0 Å². The van der Waals surface area contributed by atoms with E-state index in [4.69, 9.17) is 4.74 Å². The van der Waals surface area contributed by atoms with Gasteiger partial charge in [-0.25, -0.2) is 0 Å². The van der Waals surface area contributed by atoms with Gasteiger partial charge in [-0.3, -0.25) is 0 Å². The summed E-state index contributed by atoms with van der Waals surface area (Å²) in [6, 6.07) is 17.8. The molecule has 0 aromatic heterocycles. The van der Waals surface area contributed by atoms with Gasteiger partial charge in [-0.15, -0.1) is 0 Å². The van der Waals surface area contributed by atoms with Gasteiger partial charge in [0.2, 0.25) is 0 Å². The van der Waals surface area contributed by atoms with Crippen LogP contribution in [0.4, 0.5) is 0 Å². The Morgan fingerprint density at radius 3 is 1.78 bits per heavy atom. The zero-order valence-corrected chi connectivity index (χ0v) is 17.1. The van der Waals surface area contributed by atoms with Gasteiger partial charge in [0, 0.05) is 0 Å². The molecule has 0 unspecified atom stereocenters. The molecule has 0 saturated heterocycles. The first-order valence-electron chi connectivity index (χ1n) is 10.7. The Balaban J connectivity index is 2.27. The molecule has 0 heterocycles. The van der Waals surface area contributed by atoms with Gasteiger partial charge in [-0.05, 0) is 55.5 Å². The summed E-state index contributed by atoms with van der Waals surface area (Å²) in [4.78, 5) is 0. The van der Waals surface area contributed by atoms with Gasteiger partial charge in [0.05, 0.1) is 0 Å². The van der Waals surface area contributed by atoms with Crippen molar-refractivity contribution in [3.05, 3.63) is 60.2 Å². The minimum Gasteiger partial charge on any atom is -0.508 e. The highest BCUT2D eigenvalue weighted by Crippen LogP contribution is 2.38. The van der Waals surface area contributed by atoms with Crippen LogP contribution in [-0.4, -0.2) is 5.11 Å². The van der Waals surface area contributed by atoms with E-state index >= 15 is 0 Å². The molecule has 0 aliphatic carbocycles. The molecule has 2 heteroatoms.